The van der Waals surface area contributed by atoms with E-state index >= 15 is 0 Å². The molecule has 1 heterocycles. The van der Waals surface area contributed by atoms with Crippen LogP contribution < -0.4 is 0 Å². The van der Waals surface area contributed by atoms with Crippen LogP contribution in [-0.2, 0) is 14.2 Å². The van der Waals surface area contributed by atoms with Gasteiger partial charge < -0.3 is 34.6 Å². The maximum absolute atomic E-state index is 9.77. The molecule has 1 unspecified atom stereocenters. The van der Waals surface area contributed by atoms with Gasteiger partial charge in [0.25, 0.3) is 0 Å². The van der Waals surface area contributed by atoms with Crippen LogP contribution in [0.15, 0.2) is 12.2 Å². The molecule has 0 saturated carbocycles. The van der Waals surface area contributed by atoms with E-state index in [4.69, 9.17) is 19.3 Å². The number of hydrogen-bond acceptors (Lipinski definition) is 7. The molecule has 0 amide bonds. The van der Waals surface area contributed by atoms with Gasteiger partial charge in [0.2, 0.25) is 0 Å². The summed E-state index contributed by atoms with van der Waals surface area (Å²) in [5.41, 5.74) is 0.877. The second kappa shape index (κ2) is 7.91. The average molecular weight is 278 g/mol. The molecule has 0 aliphatic carbocycles. The van der Waals surface area contributed by atoms with Crippen molar-refractivity contribution in [2.75, 3.05) is 26.4 Å². The molecule has 1 rings (SSSR count). The molecule has 0 spiro atoms. The minimum Gasteiger partial charge on any atom is -0.394 e. The predicted molar refractivity (Wildman–Crippen MR) is 65.4 cm³/mol. The van der Waals surface area contributed by atoms with Crippen molar-refractivity contribution in [3.8, 4) is 0 Å². The average Bonchev–Trinajstić information content (AvgIpc) is 2.36. The van der Waals surface area contributed by atoms with Gasteiger partial charge in [-0.3, -0.25) is 0 Å². The molecule has 0 aromatic heterocycles. The van der Waals surface area contributed by atoms with E-state index in [-0.39, 0.29) is 13.2 Å². The van der Waals surface area contributed by atoms with Crippen molar-refractivity contribution in [1.82, 2.24) is 0 Å². The van der Waals surface area contributed by atoms with Crippen LogP contribution in [0, 0.1) is 0 Å². The number of hydrogen-bond donors (Lipinski definition) is 4. The largest absolute Gasteiger partial charge is 0.394 e. The van der Waals surface area contributed by atoms with Gasteiger partial charge in [0, 0.05) is 0 Å². The summed E-state index contributed by atoms with van der Waals surface area (Å²) < 4.78 is 15.4. The molecular weight excluding hydrogens is 256 g/mol. The highest BCUT2D eigenvalue weighted by Crippen LogP contribution is 2.21. The van der Waals surface area contributed by atoms with Crippen molar-refractivity contribution in [3.63, 3.8) is 0 Å². The van der Waals surface area contributed by atoms with Crippen LogP contribution in [-0.4, -0.2) is 77.6 Å². The summed E-state index contributed by atoms with van der Waals surface area (Å²) in [4.78, 5) is 0. The summed E-state index contributed by atoms with van der Waals surface area (Å²) in [7, 11) is 0. The Balaban J connectivity index is 2.34. The van der Waals surface area contributed by atoms with E-state index in [9.17, 15) is 15.3 Å². The van der Waals surface area contributed by atoms with E-state index < -0.39 is 37.3 Å². The lowest BCUT2D eigenvalue weighted by Gasteiger charge is -2.39. The van der Waals surface area contributed by atoms with Gasteiger partial charge in [-0.15, -0.1) is 0 Å². The SMILES string of the molecule is C=C(C)COCCO[C@H]1C(O)O[C@H](CO)[C@@H](O)[C@@H]1O. The van der Waals surface area contributed by atoms with Gasteiger partial charge in [0.1, 0.15) is 24.4 Å². The molecule has 4 N–H and O–H groups in total. The minimum absolute atomic E-state index is 0.131. The Labute approximate surface area is 112 Å². The normalized spacial score (nSPS) is 35.3. The van der Waals surface area contributed by atoms with Gasteiger partial charge in [-0.2, -0.15) is 0 Å². The van der Waals surface area contributed by atoms with E-state index in [0.717, 1.165) is 5.57 Å². The lowest BCUT2D eigenvalue weighted by molar-refractivity contribution is -0.297. The highest BCUT2D eigenvalue weighted by Gasteiger charge is 2.44. The first kappa shape index (κ1) is 16.5. The first-order valence-corrected chi connectivity index (χ1v) is 6.11. The first-order chi connectivity index (χ1) is 8.97. The summed E-state index contributed by atoms with van der Waals surface area (Å²) in [6.45, 7) is 5.81. The van der Waals surface area contributed by atoms with Crippen LogP contribution in [0.5, 0.6) is 0 Å². The Morgan fingerprint density at radius 3 is 2.47 bits per heavy atom. The zero-order valence-corrected chi connectivity index (χ0v) is 10.9. The maximum atomic E-state index is 9.77. The molecule has 0 radical (unpaired) electrons. The third-order valence-electron chi connectivity index (χ3n) is 2.73. The van der Waals surface area contributed by atoms with Gasteiger partial charge >= 0.3 is 0 Å². The number of rotatable bonds is 7. The third-order valence-corrected chi connectivity index (χ3v) is 2.73. The van der Waals surface area contributed by atoms with Crippen LogP contribution in [0.25, 0.3) is 0 Å². The Morgan fingerprint density at radius 2 is 1.89 bits per heavy atom. The molecule has 1 aliphatic rings. The van der Waals surface area contributed by atoms with Gasteiger partial charge in [-0.1, -0.05) is 12.2 Å². The fraction of sp³-hybridized carbons (Fsp3) is 0.833. The second-order valence-electron chi connectivity index (χ2n) is 4.57. The van der Waals surface area contributed by atoms with Crippen LogP contribution in [0.3, 0.4) is 0 Å². The number of aliphatic hydroxyl groups excluding tert-OH is 4. The van der Waals surface area contributed by atoms with Crippen LogP contribution in [0.1, 0.15) is 6.92 Å². The van der Waals surface area contributed by atoms with E-state index in [1.165, 1.54) is 0 Å². The van der Waals surface area contributed by atoms with Gasteiger partial charge in [-0.25, -0.2) is 0 Å². The van der Waals surface area contributed by atoms with Gasteiger partial charge in [0.15, 0.2) is 6.29 Å². The molecule has 7 nitrogen and oxygen atoms in total. The first-order valence-electron chi connectivity index (χ1n) is 6.11. The number of aliphatic hydroxyl groups is 4. The molecule has 7 heteroatoms. The third kappa shape index (κ3) is 4.81. The van der Waals surface area contributed by atoms with Gasteiger partial charge in [0.05, 0.1) is 26.4 Å². The van der Waals surface area contributed by atoms with E-state index in [2.05, 4.69) is 6.58 Å². The Bertz CT molecular complexity index is 283. The summed E-state index contributed by atoms with van der Waals surface area (Å²) >= 11 is 0. The summed E-state index contributed by atoms with van der Waals surface area (Å²) in [5, 5.41) is 37.9. The lowest BCUT2D eigenvalue weighted by atomic mass is 9.99. The molecule has 0 aromatic rings. The predicted octanol–water partition coefficient (Wildman–Crippen LogP) is -1.60. The highest BCUT2D eigenvalue weighted by molar-refractivity contribution is 4.89. The van der Waals surface area contributed by atoms with E-state index in [0.29, 0.717) is 6.61 Å². The molecule has 1 saturated heterocycles. The molecule has 0 bridgehead atoms. The van der Waals surface area contributed by atoms with E-state index in [1.807, 2.05) is 6.92 Å². The fourth-order valence-electron chi connectivity index (χ4n) is 1.74. The van der Waals surface area contributed by atoms with Crippen LogP contribution in [0.2, 0.25) is 0 Å². The quantitative estimate of drug-likeness (QED) is 0.328. The summed E-state index contributed by atoms with van der Waals surface area (Å²) in [6, 6.07) is 0. The zero-order valence-electron chi connectivity index (χ0n) is 10.9. The van der Waals surface area contributed by atoms with Crippen LogP contribution in [0.4, 0.5) is 0 Å². The smallest absolute Gasteiger partial charge is 0.184 e. The van der Waals surface area contributed by atoms with Crippen molar-refractivity contribution in [3.05, 3.63) is 12.2 Å². The molecule has 5 atom stereocenters. The highest BCUT2D eigenvalue weighted by atomic mass is 16.7. The van der Waals surface area contributed by atoms with Crippen molar-refractivity contribution < 1.29 is 34.6 Å². The monoisotopic (exact) mass is 278 g/mol. The van der Waals surface area contributed by atoms with Crippen molar-refractivity contribution in [1.29, 1.82) is 0 Å². The van der Waals surface area contributed by atoms with Crippen molar-refractivity contribution in [2.45, 2.75) is 37.6 Å². The zero-order chi connectivity index (χ0) is 14.4. The second-order valence-corrected chi connectivity index (χ2v) is 4.57. The topological polar surface area (TPSA) is 109 Å². The fourth-order valence-corrected chi connectivity index (χ4v) is 1.74. The molecule has 112 valence electrons. The van der Waals surface area contributed by atoms with Crippen molar-refractivity contribution >= 4 is 0 Å². The molecule has 0 aromatic carbocycles. The summed E-state index contributed by atoms with van der Waals surface area (Å²) in [5.74, 6) is 0. The van der Waals surface area contributed by atoms with Crippen LogP contribution >= 0.6 is 0 Å². The van der Waals surface area contributed by atoms with Crippen molar-refractivity contribution in [2.24, 2.45) is 0 Å². The summed E-state index contributed by atoms with van der Waals surface area (Å²) in [6.07, 6.45) is -6.15. The maximum Gasteiger partial charge on any atom is 0.184 e. The minimum atomic E-state index is -1.41. The Kier molecular flexibility index (Phi) is 6.87. The van der Waals surface area contributed by atoms with E-state index in [1.54, 1.807) is 0 Å². The Morgan fingerprint density at radius 1 is 1.21 bits per heavy atom. The standard InChI is InChI=1S/C12H22O7/c1-7(2)6-17-3-4-18-11-10(15)9(14)8(5-13)19-12(11)16/h8-16H,1,3-6H2,2H3/t8-,9-,10+,11-,12?/m1/s1. The molecular formula is C12H22O7. The lowest BCUT2D eigenvalue weighted by Crippen LogP contribution is -2.59. The van der Waals surface area contributed by atoms with Gasteiger partial charge in [-0.05, 0) is 6.92 Å². The molecule has 19 heavy (non-hydrogen) atoms. The number of ether oxygens (including phenoxy) is 3. The molecule has 1 fully saturated rings. The Hall–Kier alpha value is -0.540. The molecule has 1 aliphatic heterocycles.